The fourth-order valence-electron chi connectivity index (χ4n) is 2.77. The molecular formula is C15H18ClN3OS. The maximum absolute atomic E-state index is 6.29. The Kier molecular flexibility index (Phi) is 4.83. The molecule has 1 saturated heterocycles. The van der Waals surface area contributed by atoms with Crippen LogP contribution in [0.4, 0.5) is 0 Å². The lowest BCUT2D eigenvalue weighted by Crippen LogP contribution is -2.20. The van der Waals surface area contributed by atoms with E-state index in [4.69, 9.17) is 16.1 Å². The average molecular weight is 324 g/mol. The molecule has 3 rings (SSSR count). The van der Waals surface area contributed by atoms with Crippen LogP contribution in [0.1, 0.15) is 29.6 Å². The first-order chi connectivity index (χ1) is 10.3. The van der Waals surface area contributed by atoms with Gasteiger partial charge in [-0.15, -0.1) is 0 Å². The summed E-state index contributed by atoms with van der Waals surface area (Å²) in [4.78, 5) is 6.76. The Balaban J connectivity index is 1.60. The van der Waals surface area contributed by atoms with Gasteiger partial charge in [-0.25, -0.2) is 0 Å². The fourth-order valence-corrected chi connectivity index (χ4v) is 3.44. The summed E-state index contributed by atoms with van der Waals surface area (Å²) in [5.41, 5.74) is 1.25. The largest absolute Gasteiger partial charge is 0.338 e. The highest BCUT2D eigenvalue weighted by molar-refractivity contribution is 7.97. The van der Waals surface area contributed by atoms with E-state index >= 15 is 0 Å². The Morgan fingerprint density at radius 1 is 1.43 bits per heavy atom. The van der Waals surface area contributed by atoms with E-state index in [1.807, 2.05) is 18.4 Å². The lowest BCUT2D eigenvalue weighted by atomic mass is 9.98. The van der Waals surface area contributed by atoms with Crippen molar-refractivity contribution in [2.75, 3.05) is 19.3 Å². The second-order valence-corrected chi connectivity index (χ2v) is 6.55. The molecule has 1 aromatic carbocycles. The minimum atomic E-state index is 0.493. The second-order valence-electron chi connectivity index (χ2n) is 5.28. The number of nitrogens with zero attached hydrogens (tertiary/aromatic N) is 3. The third kappa shape index (κ3) is 3.59. The van der Waals surface area contributed by atoms with E-state index in [0.717, 1.165) is 42.7 Å². The summed E-state index contributed by atoms with van der Waals surface area (Å²) in [6.07, 6.45) is 3.15. The zero-order valence-electron chi connectivity index (χ0n) is 12.0. The summed E-state index contributed by atoms with van der Waals surface area (Å²) >= 11 is 7.99. The lowest BCUT2D eigenvalue weighted by molar-refractivity contribution is 0.265. The van der Waals surface area contributed by atoms with Gasteiger partial charge in [0.15, 0.2) is 5.82 Å². The number of likely N-dealkylation sites (tertiary alicyclic amines) is 1. The predicted octanol–water partition coefficient (Wildman–Crippen LogP) is 3.58. The quantitative estimate of drug-likeness (QED) is 0.841. The number of benzene rings is 1. The van der Waals surface area contributed by atoms with Crippen LogP contribution in [0, 0.1) is 0 Å². The van der Waals surface area contributed by atoms with E-state index in [-0.39, 0.29) is 0 Å². The monoisotopic (exact) mass is 323 g/mol. The SMILES string of the molecule is CSCc1noc(CN2CC[C@@H](c3ccccc3Cl)C2)n1. The van der Waals surface area contributed by atoms with Crippen LogP contribution < -0.4 is 0 Å². The standard InChI is InChI=1S/C15H18ClN3OS/c1-21-10-14-17-15(20-18-14)9-19-7-6-11(8-19)12-4-2-3-5-13(12)16/h2-5,11H,6-10H2,1H3/t11-/m1/s1. The topological polar surface area (TPSA) is 42.2 Å². The summed E-state index contributed by atoms with van der Waals surface area (Å²) in [6.45, 7) is 2.75. The van der Waals surface area contributed by atoms with Gasteiger partial charge in [-0.2, -0.15) is 16.7 Å². The first-order valence-electron chi connectivity index (χ1n) is 7.03. The molecule has 0 unspecified atom stereocenters. The van der Waals surface area contributed by atoms with Crippen molar-refractivity contribution in [2.45, 2.75) is 24.6 Å². The maximum Gasteiger partial charge on any atom is 0.240 e. The molecule has 1 aliphatic heterocycles. The molecule has 0 aliphatic carbocycles. The molecule has 0 amide bonds. The minimum Gasteiger partial charge on any atom is -0.338 e. The Hall–Kier alpha value is -1.04. The Morgan fingerprint density at radius 3 is 3.10 bits per heavy atom. The highest BCUT2D eigenvalue weighted by atomic mass is 35.5. The van der Waals surface area contributed by atoms with Crippen LogP contribution in [0.3, 0.4) is 0 Å². The molecule has 0 N–H and O–H groups in total. The third-order valence-corrected chi connectivity index (χ3v) is 4.65. The van der Waals surface area contributed by atoms with Gasteiger partial charge in [-0.1, -0.05) is 35.0 Å². The van der Waals surface area contributed by atoms with Gasteiger partial charge < -0.3 is 4.52 Å². The van der Waals surface area contributed by atoms with E-state index < -0.39 is 0 Å². The molecular weight excluding hydrogens is 306 g/mol. The van der Waals surface area contributed by atoms with Crippen LogP contribution in [0.2, 0.25) is 5.02 Å². The minimum absolute atomic E-state index is 0.493. The zero-order valence-corrected chi connectivity index (χ0v) is 13.5. The van der Waals surface area contributed by atoms with Crippen molar-refractivity contribution in [3.8, 4) is 0 Å². The third-order valence-electron chi connectivity index (χ3n) is 3.76. The van der Waals surface area contributed by atoms with Crippen molar-refractivity contribution < 1.29 is 4.52 Å². The van der Waals surface area contributed by atoms with Crippen LogP contribution in [-0.4, -0.2) is 34.4 Å². The van der Waals surface area contributed by atoms with Crippen LogP contribution >= 0.6 is 23.4 Å². The van der Waals surface area contributed by atoms with E-state index in [2.05, 4.69) is 27.2 Å². The van der Waals surface area contributed by atoms with Gasteiger partial charge in [0.1, 0.15) is 0 Å². The number of hydrogen-bond donors (Lipinski definition) is 0. The molecule has 0 bridgehead atoms. The number of hydrogen-bond acceptors (Lipinski definition) is 5. The van der Waals surface area contributed by atoms with Crippen molar-refractivity contribution in [1.82, 2.24) is 15.0 Å². The fraction of sp³-hybridized carbons (Fsp3) is 0.467. The molecule has 2 aromatic rings. The van der Waals surface area contributed by atoms with Crippen LogP contribution in [0.15, 0.2) is 28.8 Å². The molecule has 2 heterocycles. The summed E-state index contributed by atoms with van der Waals surface area (Å²) in [5, 5.41) is 4.85. The van der Waals surface area contributed by atoms with E-state index in [0.29, 0.717) is 11.8 Å². The zero-order chi connectivity index (χ0) is 14.7. The van der Waals surface area contributed by atoms with Gasteiger partial charge in [0.25, 0.3) is 0 Å². The lowest BCUT2D eigenvalue weighted by Gasteiger charge is -2.14. The smallest absolute Gasteiger partial charge is 0.240 e. The molecule has 1 atom stereocenters. The number of thioether (sulfide) groups is 1. The van der Waals surface area contributed by atoms with Crippen LogP contribution in [0.5, 0.6) is 0 Å². The van der Waals surface area contributed by atoms with Crippen molar-refractivity contribution in [2.24, 2.45) is 0 Å². The van der Waals surface area contributed by atoms with Crippen molar-refractivity contribution in [3.63, 3.8) is 0 Å². The molecule has 1 aliphatic rings. The van der Waals surface area contributed by atoms with Crippen molar-refractivity contribution >= 4 is 23.4 Å². The molecule has 21 heavy (non-hydrogen) atoms. The predicted molar refractivity (Wildman–Crippen MR) is 85.6 cm³/mol. The molecule has 1 fully saturated rings. The second kappa shape index (κ2) is 6.81. The van der Waals surface area contributed by atoms with Gasteiger partial charge in [-0.05, 0) is 36.8 Å². The summed E-state index contributed by atoms with van der Waals surface area (Å²) in [5.74, 6) is 2.77. The van der Waals surface area contributed by atoms with Crippen molar-refractivity contribution in [3.05, 3.63) is 46.6 Å². The Labute approximate surface area is 133 Å². The van der Waals surface area contributed by atoms with Crippen molar-refractivity contribution in [1.29, 1.82) is 0 Å². The van der Waals surface area contributed by atoms with Crippen LogP contribution in [-0.2, 0) is 12.3 Å². The van der Waals surface area contributed by atoms with Gasteiger partial charge in [0.05, 0.1) is 12.3 Å². The molecule has 6 heteroatoms. The van der Waals surface area contributed by atoms with Gasteiger partial charge in [0.2, 0.25) is 5.89 Å². The molecule has 1 aromatic heterocycles. The van der Waals surface area contributed by atoms with Gasteiger partial charge in [-0.3, -0.25) is 4.90 Å². The summed E-state index contributed by atoms with van der Waals surface area (Å²) in [6, 6.07) is 8.12. The highest BCUT2D eigenvalue weighted by Crippen LogP contribution is 2.32. The van der Waals surface area contributed by atoms with Crippen LogP contribution in [0.25, 0.3) is 0 Å². The number of halogens is 1. The normalized spacial score (nSPS) is 19.2. The average Bonchev–Trinajstić information content (AvgIpc) is 3.10. The molecule has 112 valence electrons. The number of rotatable bonds is 5. The summed E-state index contributed by atoms with van der Waals surface area (Å²) in [7, 11) is 0. The molecule has 0 radical (unpaired) electrons. The van der Waals surface area contributed by atoms with Gasteiger partial charge >= 0.3 is 0 Å². The molecule has 4 nitrogen and oxygen atoms in total. The van der Waals surface area contributed by atoms with Gasteiger partial charge in [0, 0.05) is 11.6 Å². The maximum atomic E-state index is 6.29. The highest BCUT2D eigenvalue weighted by Gasteiger charge is 2.26. The van der Waals surface area contributed by atoms with E-state index in [1.54, 1.807) is 11.8 Å². The molecule has 0 spiro atoms. The molecule has 0 saturated carbocycles. The van der Waals surface area contributed by atoms with E-state index in [1.165, 1.54) is 5.56 Å². The summed E-state index contributed by atoms with van der Waals surface area (Å²) < 4.78 is 5.30. The Morgan fingerprint density at radius 2 is 2.29 bits per heavy atom. The Bertz CT molecular complexity index is 604. The first kappa shape index (κ1) is 14.9. The van der Waals surface area contributed by atoms with E-state index in [9.17, 15) is 0 Å². The number of aromatic nitrogens is 2. The first-order valence-corrected chi connectivity index (χ1v) is 8.80.